The van der Waals surface area contributed by atoms with Crippen LogP contribution in [0.1, 0.15) is 18.9 Å². The molecule has 0 aliphatic rings. The topological polar surface area (TPSA) is 78.9 Å². The van der Waals surface area contributed by atoms with Gasteiger partial charge < -0.3 is 16.0 Å². The van der Waals surface area contributed by atoms with Gasteiger partial charge in [0.1, 0.15) is 5.82 Å². The van der Waals surface area contributed by atoms with E-state index in [0.29, 0.717) is 5.95 Å². The Kier molecular flexibility index (Phi) is 6.35. The van der Waals surface area contributed by atoms with Crippen molar-refractivity contribution in [2.45, 2.75) is 19.8 Å². The predicted molar refractivity (Wildman–Crippen MR) is 109 cm³/mol. The minimum Gasteiger partial charge on any atom is -0.370 e. The lowest BCUT2D eigenvalue weighted by atomic mass is 10.1. The number of aryl methyl sites for hydroxylation is 1. The summed E-state index contributed by atoms with van der Waals surface area (Å²) in [5.41, 5.74) is 2.87. The lowest BCUT2D eigenvalue weighted by molar-refractivity contribution is -0.114. The van der Waals surface area contributed by atoms with Crippen LogP contribution in [0.25, 0.3) is 0 Å². The highest BCUT2D eigenvalue weighted by Crippen LogP contribution is 2.18. The fraction of sp³-hybridized carbons (Fsp3) is 0.190. The van der Waals surface area contributed by atoms with Crippen molar-refractivity contribution in [2.75, 3.05) is 22.5 Å². The fourth-order valence-electron chi connectivity index (χ4n) is 2.68. The molecule has 6 nitrogen and oxygen atoms in total. The van der Waals surface area contributed by atoms with E-state index in [2.05, 4.69) is 50.2 Å². The maximum Gasteiger partial charge on any atom is 0.229 e. The summed E-state index contributed by atoms with van der Waals surface area (Å²) in [6.45, 7) is 2.32. The molecule has 3 rings (SSSR count). The van der Waals surface area contributed by atoms with E-state index in [0.717, 1.165) is 36.6 Å². The largest absolute Gasteiger partial charge is 0.370 e. The average Bonchev–Trinajstić information content (AvgIpc) is 2.66. The molecule has 138 valence electrons. The summed E-state index contributed by atoms with van der Waals surface area (Å²) in [7, 11) is 0. The molecule has 0 atom stereocenters. The summed E-state index contributed by atoms with van der Waals surface area (Å²) in [5.74, 6) is 1.17. The number of hydrogen-bond donors (Lipinski definition) is 3. The molecular weight excluding hydrogens is 338 g/mol. The van der Waals surface area contributed by atoms with Gasteiger partial charge >= 0.3 is 0 Å². The van der Waals surface area contributed by atoms with Crippen molar-refractivity contribution in [3.63, 3.8) is 0 Å². The minimum absolute atomic E-state index is 0.106. The molecule has 0 saturated carbocycles. The highest BCUT2D eigenvalue weighted by molar-refractivity contribution is 5.89. The molecule has 0 bridgehead atoms. The van der Waals surface area contributed by atoms with Gasteiger partial charge in [-0.25, -0.2) is 4.98 Å². The monoisotopic (exact) mass is 361 g/mol. The number of carbonyl (C=O) groups is 1. The van der Waals surface area contributed by atoms with E-state index < -0.39 is 0 Å². The van der Waals surface area contributed by atoms with Crippen LogP contribution in [-0.4, -0.2) is 22.4 Å². The highest BCUT2D eigenvalue weighted by atomic mass is 16.1. The van der Waals surface area contributed by atoms with Crippen LogP contribution in [0, 0.1) is 0 Å². The third-order valence-electron chi connectivity index (χ3n) is 3.89. The maximum atomic E-state index is 11.2. The maximum absolute atomic E-state index is 11.2. The van der Waals surface area contributed by atoms with E-state index in [1.807, 2.05) is 36.4 Å². The Labute approximate surface area is 159 Å². The Balaban J connectivity index is 1.53. The molecule has 1 aromatic heterocycles. The minimum atomic E-state index is -0.106. The predicted octanol–water partition coefficient (Wildman–Crippen LogP) is 4.22. The van der Waals surface area contributed by atoms with Crippen LogP contribution in [0.4, 0.5) is 23.1 Å². The number of amides is 1. The molecule has 0 radical (unpaired) electrons. The Morgan fingerprint density at radius 3 is 2.63 bits per heavy atom. The van der Waals surface area contributed by atoms with Gasteiger partial charge in [-0.15, -0.1) is 0 Å². The fourth-order valence-corrected chi connectivity index (χ4v) is 2.68. The summed E-state index contributed by atoms with van der Waals surface area (Å²) in [4.78, 5) is 19.9. The molecule has 6 heteroatoms. The number of rotatable bonds is 8. The van der Waals surface area contributed by atoms with Gasteiger partial charge in [0.25, 0.3) is 0 Å². The van der Waals surface area contributed by atoms with Gasteiger partial charge in [0.05, 0.1) is 0 Å². The molecule has 3 N–H and O–H groups in total. The highest BCUT2D eigenvalue weighted by Gasteiger charge is 2.02. The lowest BCUT2D eigenvalue weighted by Gasteiger charge is -2.10. The zero-order valence-corrected chi connectivity index (χ0v) is 15.3. The van der Waals surface area contributed by atoms with Gasteiger partial charge in [-0.05, 0) is 42.7 Å². The molecule has 1 amide bonds. The molecule has 1 heterocycles. The van der Waals surface area contributed by atoms with Gasteiger partial charge in [-0.3, -0.25) is 4.79 Å². The van der Waals surface area contributed by atoms with Crippen LogP contribution in [0.2, 0.25) is 0 Å². The Morgan fingerprint density at radius 1 is 1.00 bits per heavy atom. The Hall–Kier alpha value is -3.41. The molecule has 0 unspecified atom stereocenters. The molecule has 2 aromatic carbocycles. The second-order valence-corrected chi connectivity index (χ2v) is 6.17. The van der Waals surface area contributed by atoms with Crippen LogP contribution in [-0.2, 0) is 11.2 Å². The molecular formula is C21H23N5O. The number of nitrogens with one attached hydrogen (secondary N) is 3. The first-order valence-electron chi connectivity index (χ1n) is 8.94. The standard InChI is InChI=1S/C21H23N5O/c1-16(27)24-18-10-5-11-19(15-18)25-21-23-14-12-20(26-21)22-13-6-9-17-7-3-2-4-8-17/h2-5,7-8,10-12,14-15H,6,9,13H2,1H3,(H,24,27)(H2,22,23,25,26). The van der Waals surface area contributed by atoms with Gasteiger partial charge in [0, 0.05) is 31.0 Å². The van der Waals surface area contributed by atoms with E-state index in [-0.39, 0.29) is 5.91 Å². The van der Waals surface area contributed by atoms with Crippen molar-refractivity contribution in [1.29, 1.82) is 0 Å². The quantitative estimate of drug-likeness (QED) is 0.524. The van der Waals surface area contributed by atoms with Crippen LogP contribution in [0.3, 0.4) is 0 Å². The lowest BCUT2D eigenvalue weighted by Crippen LogP contribution is -2.07. The van der Waals surface area contributed by atoms with E-state index in [1.54, 1.807) is 6.20 Å². The summed E-state index contributed by atoms with van der Waals surface area (Å²) in [6.07, 6.45) is 3.77. The third-order valence-corrected chi connectivity index (χ3v) is 3.89. The molecule has 0 aliphatic heterocycles. The van der Waals surface area contributed by atoms with E-state index in [9.17, 15) is 4.79 Å². The van der Waals surface area contributed by atoms with Crippen molar-refractivity contribution in [1.82, 2.24) is 9.97 Å². The van der Waals surface area contributed by atoms with E-state index >= 15 is 0 Å². The van der Waals surface area contributed by atoms with Crippen LogP contribution in [0.15, 0.2) is 66.9 Å². The number of hydrogen-bond acceptors (Lipinski definition) is 5. The van der Waals surface area contributed by atoms with E-state index in [1.165, 1.54) is 12.5 Å². The first-order valence-corrected chi connectivity index (χ1v) is 8.94. The third kappa shape index (κ3) is 6.11. The van der Waals surface area contributed by atoms with Gasteiger partial charge in [0.15, 0.2) is 0 Å². The average molecular weight is 361 g/mol. The zero-order chi connectivity index (χ0) is 18.9. The molecule has 0 aliphatic carbocycles. The molecule has 3 aromatic rings. The van der Waals surface area contributed by atoms with Gasteiger partial charge in [-0.1, -0.05) is 36.4 Å². The van der Waals surface area contributed by atoms with Gasteiger partial charge in [-0.2, -0.15) is 4.98 Å². The number of benzene rings is 2. The Morgan fingerprint density at radius 2 is 1.81 bits per heavy atom. The van der Waals surface area contributed by atoms with Crippen molar-refractivity contribution in [2.24, 2.45) is 0 Å². The Bertz CT molecular complexity index is 883. The number of carbonyl (C=O) groups excluding carboxylic acids is 1. The first kappa shape index (κ1) is 18.4. The second kappa shape index (κ2) is 9.33. The van der Waals surface area contributed by atoms with Crippen molar-refractivity contribution in [3.05, 3.63) is 72.4 Å². The van der Waals surface area contributed by atoms with Crippen molar-refractivity contribution < 1.29 is 4.79 Å². The zero-order valence-electron chi connectivity index (χ0n) is 15.3. The number of aromatic nitrogens is 2. The summed E-state index contributed by atoms with van der Waals surface area (Å²) < 4.78 is 0. The smallest absolute Gasteiger partial charge is 0.229 e. The van der Waals surface area contributed by atoms with Gasteiger partial charge in [0.2, 0.25) is 11.9 Å². The van der Waals surface area contributed by atoms with Crippen LogP contribution >= 0.6 is 0 Å². The molecule has 0 fully saturated rings. The number of anilines is 4. The van der Waals surface area contributed by atoms with Crippen LogP contribution in [0.5, 0.6) is 0 Å². The van der Waals surface area contributed by atoms with Crippen molar-refractivity contribution in [3.8, 4) is 0 Å². The molecule has 0 saturated heterocycles. The normalized spacial score (nSPS) is 10.3. The summed E-state index contributed by atoms with van der Waals surface area (Å²) in [5, 5.41) is 9.25. The summed E-state index contributed by atoms with van der Waals surface area (Å²) >= 11 is 0. The van der Waals surface area contributed by atoms with Crippen molar-refractivity contribution >= 4 is 29.0 Å². The summed E-state index contributed by atoms with van der Waals surface area (Å²) in [6, 6.07) is 19.7. The molecule has 0 spiro atoms. The van der Waals surface area contributed by atoms with Crippen LogP contribution < -0.4 is 16.0 Å². The second-order valence-electron chi connectivity index (χ2n) is 6.17. The van der Waals surface area contributed by atoms with E-state index in [4.69, 9.17) is 0 Å². The number of nitrogens with zero attached hydrogens (tertiary/aromatic N) is 2. The molecule has 27 heavy (non-hydrogen) atoms. The first-order chi connectivity index (χ1) is 13.2. The SMILES string of the molecule is CC(=O)Nc1cccc(Nc2nccc(NCCCc3ccccc3)n2)c1.